The molecule has 1 amide bonds. The van der Waals surface area contributed by atoms with E-state index in [1.165, 1.54) is 20.2 Å². The molecule has 0 saturated heterocycles. The maximum atomic E-state index is 12.7. The van der Waals surface area contributed by atoms with Gasteiger partial charge in [0.1, 0.15) is 5.82 Å². The van der Waals surface area contributed by atoms with E-state index >= 15 is 0 Å². The lowest BCUT2D eigenvalue weighted by Gasteiger charge is -2.26. The van der Waals surface area contributed by atoms with Crippen LogP contribution in [0.15, 0.2) is 52.3 Å². The maximum absolute atomic E-state index is 12.7. The van der Waals surface area contributed by atoms with Gasteiger partial charge in [0.2, 0.25) is 15.9 Å². The normalized spacial score (nSPS) is 17.8. The highest BCUT2D eigenvalue weighted by Gasteiger charge is 2.30. The van der Waals surface area contributed by atoms with Crippen molar-refractivity contribution in [3.63, 3.8) is 0 Å². The summed E-state index contributed by atoms with van der Waals surface area (Å²) in [4.78, 5) is 17.6. The number of aryl methyl sites for hydroxylation is 2. The van der Waals surface area contributed by atoms with Gasteiger partial charge in [0.05, 0.1) is 32.6 Å². The van der Waals surface area contributed by atoms with E-state index in [9.17, 15) is 21.6 Å². The van der Waals surface area contributed by atoms with Crippen molar-refractivity contribution in [3.8, 4) is 0 Å². The molecular formula is C22H26N4O5S2. The SMILES string of the molecule is CN(C)S(=O)(=O)c1ccc2c(c1)nc(CCC(=O)NC1CCS(=O)(=O)c3ccccc31)n2C. The lowest BCUT2D eigenvalue weighted by molar-refractivity contribution is -0.121. The average molecular weight is 491 g/mol. The third-order valence-corrected chi connectivity index (χ3v) is 9.57. The van der Waals surface area contributed by atoms with E-state index in [1.54, 1.807) is 36.4 Å². The molecule has 0 fully saturated rings. The minimum absolute atomic E-state index is 0.00208. The summed E-state index contributed by atoms with van der Waals surface area (Å²) in [6.45, 7) is 0. The molecule has 2 heterocycles. The van der Waals surface area contributed by atoms with Gasteiger partial charge < -0.3 is 9.88 Å². The fourth-order valence-corrected chi connectivity index (χ4v) is 6.60. The second-order valence-corrected chi connectivity index (χ2v) is 12.5. The van der Waals surface area contributed by atoms with Gasteiger partial charge >= 0.3 is 0 Å². The molecule has 2 aromatic carbocycles. The molecule has 11 heteroatoms. The summed E-state index contributed by atoms with van der Waals surface area (Å²) >= 11 is 0. The number of sulfonamides is 1. The molecule has 1 atom stereocenters. The Kier molecular flexibility index (Phi) is 6.06. The van der Waals surface area contributed by atoms with Gasteiger partial charge in [-0.2, -0.15) is 0 Å². The Morgan fingerprint density at radius 3 is 2.67 bits per heavy atom. The number of nitrogens with one attached hydrogen (secondary N) is 1. The average Bonchev–Trinajstić information content (AvgIpc) is 3.09. The van der Waals surface area contributed by atoms with Crippen LogP contribution in [0.25, 0.3) is 11.0 Å². The summed E-state index contributed by atoms with van der Waals surface area (Å²) in [5.74, 6) is 0.459. The number of hydrogen-bond donors (Lipinski definition) is 1. The molecule has 0 aliphatic carbocycles. The summed E-state index contributed by atoms with van der Waals surface area (Å²) in [6, 6.07) is 11.2. The monoisotopic (exact) mass is 490 g/mol. The first-order valence-corrected chi connectivity index (χ1v) is 13.6. The van der Waals surface area contributed by atoms with Crippen LogP contribution < -0.4 is 5.32 Å². The van der Waals surface area contributed by atoms with Crippen molar-refractivity contribution in [2.24, 2.45) is 7.05 Å². The number of hydrogen-bond acceptors (Lipinski definition) is 6. The Morgan fingerprint density at radius 2 is 1.94 bits per heavy atom. The number of rotatable bonds is 6. The smallest absolute Gasteiger partial charge is 0.242 e. The number of carbonyl (C=O) groups is 1. The maximum Gasteiger partial charge on any atom is 0.242 e. The van der Waals surface area contributed by atoms with Crippen LogP contribution in [-0.2, 0) is 38.1 Å². The van der Waals surface area contributed by atoms with Gasteiger partial charge in [0.15, 0.2) is 9.84 Å². The zero-order valence-corrected chi connectivity index (χ0v) is 20.3. The minimum atomic E-state index is -3.57. The molecular weight excluding hydrogens is 464 g/mol. The van der Waals surface area contributed by atoms with Gasteiger partial charge in [-0.15, -0.1) is 0 Å². The van der Waals surface area contributed by atoms with E-state index < -0.39 is 19.9 Å². The number of sulfone groups is 1. The summed E-state index contributed by atoms with van der Waals surface area (Å²) in [7, 11) is -2.11. The molecule has 1 N–H and O–H groups in total. The van der Waals surface area contributed by atoms with Crippen LogP contribution in [0.5, 0.6) is 0 Å². The van der Waals surface area contributed by atoms with Crippen molar-refractivity contribution in [1.82, 2.24) is 19.2 Å². The van der Waals surface area contributed by atoms with Crippen molar-refractivity contribution in [2.75, 3.05) is 19.8 Å². The van der Waals surface area contributed by atoms with Crippen LogP contribution in [0, 0.1) is 0 Å². The molecule has 1 aliphatic rings. The number of amides is 1. The van der Waals surface area contributed by atoms with Crippen LogP contribution in [0.4, 0.5) is 0 Å². The first kappa shape index (κ1) is 23.4. The topological polar surface area (TPSA) is 118 Å². The van der Waals surface area contributed by atoms with Gasteiger partial charge in [0.25, 0.3) is 0 Å². The first-order chi connectivity index (χ1) is 15.5. The quantitative estimate of drug-likeness (QED) is 0.563. The fourth-order valence-electron chi connectivity index (χ4n) is 4.06. The number of fused-ring (bicyclic) bond motifs is 2. The lowest BCUT2D eigenvalue weighted by atomic mass is 10.0. The van der Waals surface area contributed by atoms with Crippen LogP contribution in [0.2, 0.25) is 0 Å². The summed E-state index contributed by atoms with van der Waals surface area (Å²) in [5.41, 5.74) is 1.94. The van der Waals surface area contributed by atoms with E-state index in [1.807, 2.05) is 11.6 Å². The highest BCUT2D eigenvalue weighted by molar-refractivity contribution is 7.91. The molecule has 1 aromatic heterocycles. The zero-order valence-electron chi connectivity index (χ0n) is 18.6. The Morgan fingerprint density at radius 1 is 1.21 bits per heavy atom. The second-order valence-electron chi connectivity index (χ2n) is 8.29. The molecule has 1 unspecified atom stereocenters. The second kappa shape index (κ2) is 8.54. The van der Waals surface area contributed by atoms with Gasteiger partial charge in [-0.05, 0) is 36.2 Å². The molecule has 0 bridgehead atoms. The number of imidazole rings is 1. The van der Waals surface area contributed by atoms with Crippen molar-refractivity contribution in [3.05, 3.63) is 53.9 Å². The third-order valence-electron chi connectivity index (χ3n) is 5.94. The largest absolute Gasteiger partial charge is 0.349 e. The molecule has 33 heavy (non-hydrogen) atoms. The van der Waals surface area contributed by atoms with E-state index in [2.05, 4.69) is 10.3 Å². The van der Waals surface area contributed by atoms with Crippen LogP contribution in [-0.4, -0.2) is 56.4 Å². The van der Waals surface area contributed by atoms with Crippen molar-refractivity contribution in [1.29, 1.82) is 0 Å². The fraction of sp³-hybridized carbons (Fsp3) is 0.364. The Balaban J connectivity index is 1.49. The Bertz CT molecular complexity index is 1440. The molecule has 0 saturated carbocycles. The summed E-state index contributed by atoms with van der Waals surface area (Å²) in [5, 5.41) is 2.95. The molecule has 0 spiro atoms. The zero-order chi connectivity index (χ0) is 24.0. The number of carbonyl (C=O) groups excluding carboxylic acids is 1. The van der Waals surface area contributed by atoms with Gasteiger partial charge in [-0.3, -0.25) is 4.79 Å². The van der Waals surface area contributed by atoms with Crippen molar-refractivity contribution in [2.45, 2.75) is 35.1 Å². The van der Waals surface area contributed by atoms with Crippen LogP contribution in [0.1, 0.15) is 30.3 Å². The third kappa shape index (κ3) is 4.40. The minimum Gasteiger partial charge on any atom is -0.349 e. The molecule has 176 valence electrons. The van der Waals surface area contributed by atoms with Gasteiger partial charge in [0, 0.05) is 34.0 Å². The molecule has 3 aromatic rings. The van der Waals surface area contributed by atoms with E-state index in [4.69, 9.17) is 0 Å². The van der Waals surface area contributed by atoms with Crippen molar-refractivity contribution < 1.29 is 21.6 Å². The van der Waals surface area contributed by atoms with Gasteiger partial charge in [-0.25, -0.2) is 26.1 Å². The van der Waals surface area contributed by atoms with E-state index in [0.717, 1.165) is 9.82 Å². The Labute approximate surface area is 193 Å². The summed E-state index contributed by atoms with van der Waals surface area (Å²) in [6.07, 6.45) is 0.866. The standard InChI is InChI=1S/C22H26N4O5S2/c1-25(2)33(30,31)15-8-9-19-18(14-15)23-21(26(19)3)10-11-22(27)24-17-12-13-32(28,29)20-7-5-4-6-16(17)20/h4-9,14,17H,10-13H2,1-3H3,(H,24,27). The van der Waals surface area contributed by atoms with Crippen molar-refractivity contribution >= 4 is 36.8 Å². The predicted octanol–water partition coefficient (Wildman–Crippen LogP) is 1.79. The summed E-state index contributed by atoms with van der Waals surface area (Å²) < 4.78 is 52.4. The van der Waals surface area contributed by atoms with Gasteiger partial charge in [-0.1, -0.05) is 18.2 Å². The van der Waals surface area contributed by atoms with Crippen LogP contribution in [0.3, 0.4) is 0 Å². The Hall–Kier alpha value is -2.76. The highest BCUT2D eigenvalue weighted by atomic mass is 32.2. The number of nitrogens with zero attached hydrogens (tertiary/aromatic N) is 3. The first-order valence-electron chi connectivity index (χ1n) is 10.5. The highest BCUT2D eigenvalue weighted by Crippen LogP contribution is 2.32. The van der Waals surface area contributed by atoms with E-state index in [-0.39, 0.29) is 33.9 Å². The molecule has 0 radical (unpaired) electrons. The van der Waals surface area contributed by atoms with Crippen LogP contribution >= 0.6 is 0 Å². The molecule has 9 nitrogen and oxygen atoms in total. The van der Waals surface area contributed by atoms with E-state index in [0.29, 0.717) is 29.7 Å². The number of aromatic nitrogens is 2. The number of benzene rings is 2. The molecule has 4 rings (SSSR count). The lowest BCUT2D eigenvalue weighted by Crippen LogP contribution is -2.34. The molecule has 1 aliphatic heterocycles. The predicted molar refractivity (Wildman–Crippen MR) is 124 cm³/mol.